The smallest absolute Gasteiger partial charge is 0.276 e. The summed E-state index contributed by atoms with van der Waals surface area (Å²) in [6.07, 6.45) is 3.06. The van der Waals surface area contributed by atoms with Crippen molar-refractivity contribution in [3.8, 4) is 5.75 Å². The van der Waals surface area contributed by atoms with Crippen LogP contribution in [0.2, 0.25) is 5.02 Å². The molecule has 0 spiro atoms. The Balaban J connectivity index is 1.47. The number of amides is 1. The molecule has 0 saturated carbocycles. The molecule has 0 bridgehead atoms. The van der Waals surface area contributed by atoms with Gasteiger partial charge in [0.2, 0.25) is 6.17 Å². The van der Waals surface area contributed by atoms with Crippen LogP contribution in [0.25, 0.3) is 0 Å². The van der Waals surface area contributed by atoms with E-state index in [1.165, 1.54) is 0 Å². The fraction of sp³-hybridized carbons (Fsp3) is 0.158. The summed E-state index contributed by atoms with van der Waals surface area (Å²) in [7, 11) is 1.60. The van der Waals surface area contributed by atoms with Gasteiger partial charge >= 0.3 is 0 Å². The molecule has 1 amide bonds. The Bertz CT molecular complexity index is 916. The number of thioether (sulfide) groups is 1. The number of hydrogen-bond donors (Lipinski definition) is 1. The molecular formula is C19H17ClN4O2S. The number of carbonyl (C=O) groups excluding carboxylic acids is 1. The number of hydrazone groups is 1. The molecule has 2 aromatic carbocycles. The highest BCUT2D eigenvalue weighted by atomic mass is 35.5. The van der Waals surface area contributed by atoms with E-state index in [0.29, 0.717) is 10.8 Å². The first-order chi connectivity index (χ1) is 13.2. The first kappa shape index (κ1) is 17.8. The van der Waals surface area contributed by atoms with Gasteiger partial charge in [-0.1, -0.05) is 41.6 Å². The number of rotatable bonds is 4. The summed E-state index contributed by atoms with van der Waals surface area (Å²) in [4.78, 5) is 16.3. The van der Waals surface area contributed by atoms with Crippen molar-refractivity contribution in [3.05, 3.63) is 71.5 Å². The van der Waals surface area contributed by atoms with Crippen molar-refractivity contribution in [1.29, 1.82) is 0 Å². The third-order valence-electron chi connectivity index (χ3n) is 4.24. The zero-order valence-electron chi connectivity index (χ0n) is 14.5. The fourth-order valence-electron chi connectivity index (χ4n) is 2.82. The lowest BCUT2D eigenvalue weighted by Gasteiger charge is -2.32. The minimum atomic E-state index is -0.547. The summed E-state index contributed by atoms with van der Waals surface area (Å²) >= 11 is 7.48. The van der Waals surface area contributed by atoms with Crippen LogP contribution in [0.15, 0.2) is 66.0 Å². The molecule has 27 heavy (non-hydrogen) atoms. The Morgan fingerprint density at radius 2 is 2.04 bits per heavy atom. The van der Waals surface area contributed by atoms with Crippen LogP contribution >= 0.6 is 23.4 Å². The SMILES string of the molecule is COc1cccc(N2C=CN3C(SCc4ccc(Cl)cc4)=NNC3C2=O)c1. The molecule has 0 saturated heterocycles. The number of halogens is 1. The van der Waals surface area contributed by atoms with Gasteiger partial charge in [-0.15, -0.1) is 0 Å². The van der Waals surface area contributed by atoms with Gasteiger partial charge in [-0.05, 0) is 29.8 Å². The largest absolute Gasteiger partial charge is 0.497 e. The number of anilines is 1. The van der Waals surface area contributed by atoms with Crippen molar-refractivity contribution in [2.24, 2.45) is 5.10 Å². The molecular weight excluding hydrogens is 384 g/mol. The van der Waals surface area contributed by atoms with Gasteiger partial charge in [0.1, 0.15) is 5.75 Å². The molecule has 138 valence electrons. The standard InChI is InChI=1S/C19H17ClN4O2S/c1-26-16-4-2-3-15(11-16)23-9-10-24-17(18(23)25)21-22-19(24)27-12-13-5-7-14(20)8-6-13/h2-11,17,21H,12H2,1H3. The maximum Gasteiger partial charge on any atom is 0.276 e. The number of nitrogens with zero attached hydrogens (tertiary/aromatic N) is 3. The average molecular weight is 401 g/mol. The monoisotopic (exact) mass is 400 g/mol. The average Bonchev–Trinajstić information content (AvgIpc) is 3.12. The third kappa shape index (κ3) is 3.61. The number of nitrogens with one attached hydrogen (secondary N) is 1. The van der Waals surface area contributed by atoms with E-state index in [1.807, 2.05) is 59.6 Å². The molecule has 2 aromatic rings. The molecule has 6 nitrogen and oxygen atoms in total. The van der Waals surface area contributed by atoms with Gasteiger partial charge < -0.3 is 4.74 Å². The molecule has 1 unspecified atom stereocenters. The maximum absolute atomic E-state index is 12.9. The number of methoxy groups -OCH3 is 1. The minimum absolute atomic E-state index is 0.100. The Kier molecular flexibility index (Phi) is 4.96. The Hall–Kier alpha value is -2.64. The van der Waals surface area contributed by atoms with Crippen LogP contribution in [0.4, 0.5) is 5.69 Å². The zero-order valence-corrected chi connectivity index (χ0v) is 16.1. The molecule has 0 fully saturated rings. The van der Waals surface area contributed by atoms with Gasteiger partial charge in [0, 0.05) is 29.2 Å². The normalized spacial score (nSPS) is 18.2. The third-order valence-corrected chi connectivity index (χ3v) is 5.53. The summed E-state index contributed by atoms with van der Waals surface area (Å²) in [6, 6.07) is 15.1. The molecule has 2 heterocycles. The van der Waals surface area contributed by atoms with E-state index in [1.54, 1.807) is 30.0 Å². The van der Waals surface area contributed by atoms with Gasteiger partial charge in [-0.2, -0.15) is 5.10 Å². The number of carbonyl (C=O) groups is 1. The van der Waals surface area contributed by atoms with Gasteiger partial charge in [0.25, 0.3) is 5.91 Å². The van der Waals surface area contributed by atoms with Crippen LogP contribution in [-0.4, -0.2) is 29.3 Å². The maximum atomic E-state index is 12.9. The number of hydrogen-bond acceptors (Lipinski definition) is 6. The number of benzene rings is 2. The molecule has 0 aromatic heterocycles. The van der Waals surface area contributed by atoms with Crippen molar-refractivity contribution in [2.75, 3.05) is 12.0 Å². The molecule has 1 N–H and O–H groups in total. The Morgan fingerprint density at radius 1 is 1.22 bits per heavy atom. The fourth-order valence-corrected chi connectivity index (χ4v) is 3.87. The van der Waals surface area contributed by atoms with Crippen molar-refractivity contribution in [3.63, 3.8) is 0 Å². The van der Waals surface area contributed by atoms with Crippen LogP contribution in [0.5, 0.6) is 5.75 Å². The Morgan fingerprint density at radius 3 is 2.81 bits per heavy atom. The van der Waals surface area contributed by atoms with Gasteiger partial charge in [0.05, 0.1) is 12.8 Å². The summed E-state index contributed by atoms with van der Waals surface area (Å²) in [5, 5.41) is 5.80. The van der Waals surface area contributed by atoms with Crippen molar-refractivity contribution in [2.45, 2.75) is 11.9 Å². The molecule has 8 heteroatoms. The molecule has 1 atom stereocenters. The lowest BCUT2D eigenvalue weighted by atomic mass is 10.2. The molecule has 2 aliphatic heterocycles. The van der Waals surface area contributed by atoms with Crippen molar-refractivity contribution >= 4 is 40.1 Å². The first-order valence-corrected chi connectivity index (χ1v) is 9.66. The first-order valence-electron chi connectivity index (χ1n) is 8.30. The molecule has 2 aliphatic rings. The Labute approximate surface area is 166 Å². The zero-order chi connectivity index (χ0) is 18.8. The van der Waals surface area contributed by atoms with E-state index in [9.17, 15) is 4.79 Å². The second-order valence-electron chi connectivity index (χ2n) is 5.96. The summed E-state index contributed by atoms with van der Waals surface area (Å²) in [5.41, 5.74) is 4.82. The lowest BCUT2D eigenvalue weighted by Crippen LogP contribution is -2.52. The van der Waals surface area contributed by atoms with Crippen LogP contribution in [-0.2, 0) is 10.5 Å². The summed E-state index contributed by atoms with van der Waals surface area (Å²) < 4.78 is 5.24. The lowest BCUT2D eigenvalue weighted by molar-refractivity contribution is -0.122. The predicted octanol–water partition coefficient (Wildman–Crippen LogP) is 3.60. The van der Waals surface area contributed by atoms with E-state index < -0.39 is 6.17 Å². The number of amidine groups is 1. The molecule has 4 rings (SSSR count). The van der Waals surface area contributed by atoms with Gasteiger partial charge in [0.15, 0.2) is 5.17 Å². The highest BCUT2D eigenvalue weighted by Gasteiger charge is 2.38. The quantitative estimate of drug-likeness (QED) is 0.849. The summed E-state index contributed by atoms with van der Waals surface area (Å²) in [5.74, 6) is 1.34. The van der Waals surface area contributed by atoms with Crippen LogP contribution in [0.1, 0.15) is 5.56 Å². The highest BCUT2D eigenvalue weighted by Crippen LogP contribution is 2.28. The van der Waals surface area contributed by atoms with E-state index in [-0.39, 0.29) is 5.91 Å². The minimum Gasteiger partial charge on any atom is -0.497 e. The van der Waals surface area contributed by atoms with Gasteiger partial charge in [-0.25, -0.2) is 0 Å². The number of fused-ring (bicyclic) bond motifs is 1. The summed E-state index contributed by atoms with van der Waals surface area (Å²) in [6.45, 7) is 0. The molecule has 0 radical (unpaired) electrons. The van der Waals surface area contributed by atoms with E-state index in [2.05, 4.69) is 10.5 Å². The number of ether oxygens (including phenoxy) is 1. The van der Waals surface area contributed by atoms with Gasteiger partial charge in [-0.3, -0.25) is 20.0 Å². The van der Waals surface area contributed by atoms with Crippen LogP contribution in [0, 0.1) is 0 Å². The topological polar surface area (TPSA) is 57.2 Å². The second-order valence-corrected chi connectivity index (χ2v) is 7.34. The molecule has 0 aliphatic carbocycles. The highest BCUT2D eigenvalue weighted by molar-refractivity contribution is 8.13. The predicted molar refractivity (Wildman–Crippen MR) is 109 cm³/mol. The van der Waals surface area contributed by atoms with Crippen molar-refractivity contribution in [1.82, 2.24) is 10.3 Å². The van der Waals surface area contributed by atoms with Crippen molar-refractivity contribution < 1.29 is 9.53 Å². The van der Waals surface area contributed by atoms with E-state index >= 15 is 0 Å². The van der Waals surface area contributed by atoms with Crippen LogP contribution in [0.3, 0.4) is 0 Å². The van der Waals surface area contributed by atoms with E-state index in [0.717, 1.165) is 22.2 Å². The van der Waals surface area contributed by atoms with E-state index in [4.69, 9.17) is 16.3 Å². The second kappa shape index (κ2) is 7.54. The van der Waals surface area contributed by atoms with Crippen LogP contribution < -0.4 is 15.1 Å².